The molecule has 0 spiro atoms. The first-order valence-corrected chi connectivity index (χ1v) is 5.25. The number of hydrogen-bond acceptors (Lipinski definition) is 3. The largest absolute Gasteiger partial charge is 0.482 e. The molecule has 82 valence electrons. The highest BCUT2D eigenvalue weighted by Crippen LogP contribution is 2.38. The molecule has 0 fully saturated rings. The highest BCUT2D eigenvalue weighted by Gasteiger charge is 2.24. The molecule has 0 bridgehead atoms. The number of benzene rings is 1. The Hall–Kier alpha value is -0.930. The Labute approximate surface area is 94.5 Å². The first kappa shape index (κ1) is 10.6. The molecule has 3 nitrogen and oxygen atoms in total. The molecule has 1 aliphatic heterocycles. The number of likely N-dealkylation sites (N-methyl/N-ethyl adjacent to an activating group) is 1. The summed E-state index contributed by atoms with van der Waals surface area (Å²) in [7, 11) is 3.70. The van der Waals surface area contributed by atoms with E-state index in [1.807, 2.05) is 25.2 Å². The highest BCUT2D eigenvalue weighted by molar-refractivity contribution is 6.32. The van der Waals surface area contributed by atoms with Gasteiger partial charge in [-0.2, -0.15) is 0 Å². The first-order valence-electron chi connectivity index (χ1n) is 4.87. The second kappa shape index (κ2) is 4.29. The van der Waals surface area contributed by atoms with Gasteiger partial charge in [-0.25, -0.2) is 0 Å². The number of para-hydroxylation sites is 1. The van der Waals surface area contributed by atoms with Gasteiger partial charge in [0, 0.05) is 14.2 Å². The lowest BCUT2D eigenvalue weighted by atomic mass is 10.2. The van der Waals surface area contributed by atoms with Crippen molar-refractivity contribution in [3.63, 3.8) is 0 Å². The van der Waals surface area contributed by atoms with Gasteiger partial charge in [-0.05, 0) is 12.1 Å². The van der Waals surface area contributed by atoms with Crippen LogP contribution in [0.3, 0.4) is 0 Å². The van der Waals surface area contributed by atoms with Crippen LogP contribution in [0.15, 0.2) is 18.2 Å². The summed E-state index contributed by atoms with van der Waals surface area (Å²) in [6, 6.07) is 5.77. The van der Waals surface area contributed by atoms with Crippen LogP contribution in [0, 0.1) is 0 Å². The predicted molar refractivity (Wildman–Crippen MR) is 61.0 cm³/mol. The van der Waals surface area contributed by atoms with Crippen LogP contribution in [-0.4, -0.2) is 33.4 Å². The minimum Gasteiger partial charge on any atom is -0.482 e. The van der Waals surface area contributed by atoms with Crippen LogP contribution in [0.4, 0.5) is 5.69 Å². The summed E-state index contributed by atoms with van der Waals surface area (Å²) in [5, 5.41) is 0.653. The Bertz CT molecular complexity index is 356. The lowest BCUT2D eigenvalue weighted by Gasteiger charge is -2.33. The summed E-state index contributed by atoms with van der Waals surface area (Å²) < 4.78 is 10.9. The summed E-state index contributed by atoms with van der Waals surface area (Å²) in [6.07, 6.45) is 0.0485. The number of halogens is 1. The predicted octanol–water partition coefficient (Wildman–Crippen LogP) is 2.18. The van der Waals surface area contributed by atoms with Crippen LogP contribution in [0.2, 0.25) is 5.02 Å². The van der Waals surface area contributed by atoms with E-state index in [9.17, 15) is 0 Å². The van der Waals surface area contributed by atoms with Crippen LogP contribution in [0.5, 0.6) is 5.75 Å². The van der Waals surface area contributed by atoms with Crippen molar-refractivity contribution < 1.29 is 9.47 Å². The molecule has 4 heteroatoms. The standard InChI is InChI=1S/C11H14ClNO2/c1-13-6-8(7-14-2)15-11-9(12)4-3-5-10(11)13/h3-5,8H,6-7H2,1-2H3/t8-/m1/s1. The van der Waals surface area contributed by atoms with Gasteiger partial charge in [0.05, 0.1) is 23.9 Å². The van der Waals surface area contributed by atoms with E-state index in [2.05, 4.69) is 4.90 Å². The summed E-state index contributed by atoms with van der Waals surface area (Å²) in [6.45, 7) is 1.40. The Balaban J connectivity index is 2.29. The second-order valence-corrected chi connectivity index (χ2v) is 4.07. The van der Waals surface area contributed by atoms with Crippen LogP contribution in [0.25, 0.3) is 0 Å². The van der Waals surface area contributed by atoms with E-state index in [-0.39, 0.29) is 6.10 Å². The van der Waals surface area contributed by atoms with E-state index >= 15 is 0 Å². The molecule has 1 heterocycles. The smallest absolute Gasteiger partial charge is 0.161 e. The Kier molecular flexibility index (Phi) is 3.03. The minimum atomic E-state index is 0.0485. The molecule has 0 amide bonds. The zero-order chi connectivity index (χ0) is 10.8. The van der Waals surface area contributed by atoms with E-state index in [1.165, 1.54) is 0 Å². The zero-order valence-corrected chi connectivity index (χ0v) is 9.62. The van der Waals surface area contributed by atoms with Gasteiger partial charge in [0.15, 0.2) is 5.75 Å². The van der Waals surface area contributed by atoms with Crippen molar-refractivity contribution in [1.29, 1.82) is 0 Å². The van der Waals surface area contributed by atoms with Crippen LogP contribution in [0.1, 0.15) is 0 Å². The third-order valence-electron chi connectivity index (χ3n) is 2.47. The van der Waals surface area contributed by atoms with Crippen molar-refractivity contribution in [2.45, 2.75) is 6.10 Å². The summed E-state index contributed by atoms with van der Waals surface area (Å²) in [4.78, 5) is 2.13. The molecule has 0 saturated carbocycles. The van der Waals surface area contributed by atoms with Crippen molar-refractivity contribution in [2.75, 3.05) is 32.2 Å². The summed E-state index contributed by atoms with van der Waals surface area (Å²) >= 11 is 6.08. The number of ether oxygens (including phenoxy) is 2. The fraction of sp³-hybridized carbons (Fsp3) is 0.455. The second-order valence-electron chi connectivity index (χ2n) is 3.66. The zero-order valence-electron chi connectivity index (χ0n) is 8.87. The fourth-order valence-electron chi connectivity index (χ4n) is 1.80. The van der Waals surface area contributed by atoms with Gasteiger partial charge in [0.2, 0.25) is 0 Å². The normalized spacial score (nSPS) is 19.7. The average molecular weight is 228 g/mol. The minimum absolute atomic E-state index is 0.0485. The van der Waals surface area contributed by atoms with Gasteiger partial charge in [-0.3, -0.25) is 0 Å². The van der Waals surface area contributed by atoms with Gasteiger partial charge in [-0.1, -0.05) is 17.7 Å². The maximum absolute atomic E-state index is 6.08. The number of methoxy groups -OCH3 is 1. The van der Waals surface area contributed by atoms with Crippen LogP contribution < -0.4 is 9.64 Å². The molecule has 1 aliphatic rings. The monoisotopic (exact) mass is 227 g/mol. The number of hydrogen-bond donors (Lipinski definition) is 0. The van der Waals surface area contributed by atoms with Crippen molar-refractivity contribution in [1.82, 2.24) is 0 Å². The van der Waals surface area contributed by atoms with Crippen molar-refractivity contribution in [3.8, 4) is 5.75 Å². The molecular weight excluding hydrogens is 214 g/mol. The van der Waals surface area contributed by atoms with E-state index in [0.29, 0.717) is 11.6 Å². The highest BCUT2D eigenvalue weighted by atomic mass is 35.5. The Morgan fingerprint density at radius 2 is 2.40 bits per heavy atom. The first-order chi connectivity index (χ1) is 7.22. The molecule has 0 radical (unpaired) electrons. The summed E-state index contributed by atoms with van der Waals surface area (Å²) in [5.74, 6) is 0.759. The molecule has 15 heavy (non-hydrogen) atoms. The lowest BCUT2D eigenvalue weighted by molar-refractivity contribution is 0.0802. The Morgan fingerprint density at radius 3 is 3.13 bits per heavy atom. The van der Waals surface area contributed by atoms with Gasteiger partial charge in [0.25, 0.3) is 0 Å². The van der Waals surface area contributed by atoms with E-state index in [0.717, 1.165) is 18.0 Å². The van der Waals surface area contributed by atoms with E-state index < -0.39 is 0 Å². The number of rotatable bonds is 2. The van der Waals surface area contributed by atoms with Crippen molar-refractivity contribution in [3.05, 3.63) is 23.2 Å². The van der Waals surface area contributed by atoms with Crippen molar-refractivity contribution in [2.24, 2.45) is 0 Å². The van der Waals surface area contributed by atoms with Gasteiger partial charge in [0.1, 0.15) is 6.10 Å². The maximum Gasteiger partial charge on any atom is 0.161 e. The van der Waals surface area contributed by atoms with Crippen LogP contribution in [-0.2, 0) is 4.74 Å². The molecule has 0 saturated heterocycles. The maximum atomic E-state index is 6.08. The SMILES string of the molecule is COC[C@H]1CN(C)c2cccc(Cl)c2O1. The number of fused-ring (bicyclic) bond motifs is 1. The van der Waals surface area contributed by atoms with Crippen molar-refractivity contribution >= 4 is 17.3 Å². The van der Waals surface area contributed by atoms with Gasteiger partial charge >= 0.3 is 0 Å². The third kappa shape index (κ3) is 2.03. The molecular formula is C11H14ClNO2. The van der Waals surface area contributed by atoms with Gasteiger partial charge in [-0.15, -0.1) is 0 Å². The number of nitrogens with zero attached hydrogens (tertiary/aromatic N) is 1. The molecule has 1 aromatic carbocycles. The van der Waals surface area contributed by atoms with E-state index in [1.54, 1.807) is 7.11 Å². The third-order valence-corrected chi connectivity index (χ3v) is 2.77. The lowest BCUT2D eigenvalue weighted by Crippen LogP contribution is -2.40. The van der Waals surface area contributed by atoms with E-state index in [4.69, 9.17) is 21.1 Å². The summed E-state index contributed by atoms with van der Waals surface area (Å²) in [5.41, 5.74) is 1.04. The number of anilines is 1. The fourth-order valence-corrected chi connectivity index (χ4v) is 2.01. The quantitative estimate of drug-likeness (QED) is 0.773. The molecule has 2 rings (SSSR count). The Morgan fingerprint density at radius 1 is 1.60 bits per heavy atom. The van der Waals surface area contributed by atoms with Crippen LogP contribution >= 0.6 is 11.6 Å². The topological polar surface area (TPSA) is 21.7 Å². The average Bonchev–Trinajstić information content (AvgIpc) is 2.20. The molecule has 0 aromatic heterocycles. The van der Waals surface area contributed by atoms with Gasteiger partial charge < -0.3 is 14.4 Å². The molecule has 0 unspecified atom stereocenters. The molecule has 0 N–H and O–H groups in total. The molecule has 0 aliphatic carbocycles. The molecule has 1 atom stereocenters. The molecule has 1 aromatic rings.